The Hall–Kier alpha value is -0.840. The van der Waals surface area contributed by atoms with Gasteiger partial charge in [-0.15, -0.1) is 0 Å². The van der Waals surface area contributed by atoms with E-state index in [1.807, 2.05) is 6.07 Å². The maximum Gasteiger partial charge on any atom is 0.117 e. The highest BCUT2D eigenvalue weighted by molar-refractivity contribution is 5.01. The number of rotatable bonds is 3. The van der Waals surface area contributed by atoms with Gasteiger partial charge in [0.2, 0.25) is 0 Å². The van der Waals surface area contributed by atoms with Crippen LogP contribution in [-0.4, -0.2) is 54.1 Å². The monoisotopic (exact) mass is 263 g/mol. The molecular formula is C15H25N3O. The van der Waals surface area contributed by atoms with Crippen LogP contribution in [0, 0.1) is 0 Å². The Morgan fingerprint density at radius 1 is 1.32 bits per heavy atom. The molecule has 0 aliphatic carbocycles. The maximum atomic E-state index is 5.43. The van der Waals surface area contributed by atoms with Gasteiger partial charge in [-0.3, -0.25) is 9.80 Å². The molecule has 2 fully saturated rings. The van der Waals surface area contributed by atoms with Crippen LogP contribution in [-0.2, 0) is 6.54 Å². The highest BCUT2D eigenvalue weighted by atomic mass is 16.3. The Labute approximate surface area is 115 Å². The summed E-state index contributed by atoms with van der Waals surface area (Å²) in [6.07, 6.45) is 3.05. The second kappa shape index (κ2) is 5.27. The van der Waals surface area contributed by atoms with Crippen molar-refractivity contribution in [2.75, 3.05) is 32.7 Å². The maximum absolute atomic E-state index is 5.43. The average Bonchev–Trinajstić information content (AvgIpc) is 3.00. The standard InChI is InChI=1S/C15H25N3O/c1-15(2)14(5-6-16-15)18-9-7-17(8-10-18)12-13-4-3-11-19-13/h3-4,11,14,16H,5-10,12H2,1-2H3. The summed E-state index contributed by atoms with van der Waals surface area (Å²) in [6, 6.07) is 4.73. The second-order valence-corrected chi connectivity index (χ2v) is 6.34. The largest absolute Gasteiger partial charge is 0.468 e. The number of piperazine rings is 1. The van der Waals surface area contributed by atoms with Gasteiger partial charge in [0, 0.05) is 37.8 Å². The summed E-state index contributed by atoms with van der Waals surface area (Å²) in [5, 5.41) is 3.62. The van der Waals surface area contributed by atoms with E-state index in [1.54, 1.807) is 6.26 Å². The highest BCUT2D eigenvalue weighted by Gasteiger charge is 2.38. The molecule has 106 valence electrons. The fraction of sp³-hybridized carbons (Fsp3) is 0.733. The van der Waals surface area contributed by atoms with Gasteiger partial charge in [-0.25, -0.2) is 0 Å². The van der Waals surface area contributed by atoms with Gasteiger partial charge in [-0.1, -0.05) is 0 Å². The van der Waals surface area contributed by atoms with Crippen molar-refractivity contribution in [3.63, 3.8) is 0 Å². The molecule has 1 aromatic heterocycles. The zero-order valence-corrected chi connectivity index (χ0v) is 12.1. The molecule has 4 heteroatoms. The van der Waals surface area contributed by atoms with E-state index >= 15 is 0 Å². The Balaban J connectivity index is 1.52. The Morgan fingerprint density at radius 3 is 2.68 bits per heavy atom. The minimum absolute atomic E-state index is 0.267. The molecule has 0 aromatic carbocycles. The second-order valence-electron chi connectivity index (χ2n) is 6.34. The number of hydrogen-bond donors (Lipinski definition) is 1. The zero-order valence-electron chi connectivity index (χ0n) is 12.1. The van der Waals surface area contributed by atoms with Crippen LogP contribution in [0.25, 0.3) is 0 Å². The highest BCUT2D eigenvalue weighted by Crippen LogP contribution is 2.25. The molecule has 3 rings (SSSR count). The molecule has 0 radical (unpaired) electrons. The van der Waals surface area contributed by atoms with Crippen molar-refractivity contribution < 1.29 is 4.42 Å². The molecule has 4 nitrogen and oxygen atoms in total. The van der Waals surface area contributed by atoms with Crippen LogP contribution in [0.15, 0.2) is 22.8 Å². The lowest BCUT2D eigenvalue weighted by atomic mass is 9.95. The van der Waals surface area contributed by atoms with E-state index in [4.69, 9.17) is 4.42 Å². The van der Waals surface area contributed by atoms with Gasteiger partial charge in [0.15, 0.2) is 0 Å². The minimum atomic E-state index is 0.267. The molecule has 1 atom stereocenters. The first-order valence-corrected chi connectivity index (χ1v) is 7.39. The molecule has 0 spiro atoms. The van der Waals surface area contributed by atoms with Crippen molar-refractivity contribution in [2.24, 2.45) is 0 Å². The van der Waals surface area contributed by atoms with E-state index < -0.39 is 0 Å². The van der Waals surface area contributed by atoms with Gasteiger partial charge in [0.25, 0.3) is 0 Å². The summed E-state index contributed by atoms with van der Waals surface area (Å²) < 4.78 is 5.43. The van der Waals surface area contributed by atoms with Gasteiger partial charge < -0.3 is 9.73 Å². The summed E-state index contributed by atoms with van der Waals surface area (Å²) in [5.41, 5.74) is 0.267. The molecule has 0 bridgehead atoms. The summed E-state index contributed by atoms with van der Waals surface area (Å²) in [7, 11) is 0. The van der Waals surface area contributed by atoms with Gasteiger partial charge in [0.05, 0.1) is 12.8 Å². The van der Waals surface area contributed by atoms with Crippen molar-refractivity contribution >= 4 is 0 Å². The van der Waals surface area contributed by atoms with Crippen LogP contribution in [0.5, 0.6) is 0 Å². The van der Waals surface area contributed by atoms with E-state index in [0.717, 1.165) is 31.9 Å². The van der Waals surface area contributed by atoms with Gasteiger partial charge in [-0.2, -0.15) is 0 Å². The first kappa shape index (κ1) is 13.2. The molecule has 2 aliphatic rings. The average molecular weight is 263 g/mol. The Bertz CT molecular complexity index is 394. The van der Waals surface area contributed by atoms with E-state index in [0.29, 0.717) is 6.04 Å². The molecule has 1 unspecified atom stereocenters. The summed E-state index contributed by atoms with van der Waals surface area (Å²) >= 11 is 0. The molecule has 1 N–H and O–H groups in total. The Kier molecular flexibility index (Phi) is 3.65. The number of nitrogens with one attached hydrogen (secondary N) is 1. The third-order valence-electron chi connectivity index (χ3n) is 4.64. The smallest absolute Gasteiger partial charge is 0.117 e. The lowest BCUT2D eigenvalue weighted by Gasteiger charge is -2.42. The van der Waals surface area contributed by atoms with Crippen LogP contribution >= 0.6 is 0 Å². The fourth-order valence-corrected chi connectivity index (χ4v) is 3.50. The van der Waals surface area contributed by atoms with Crippen molar-refractivity contribution in [2.45, 2.75) is 38.4 Å². The van der Waals surface area contributed by atoms with Crippen molar-refractivity contribution in [3.8, 4) is 0 Å². The van der Waals surface area contributed by atoms with E-state index in [2.05, 4.69) is 35.0 Å². The van der Waals surface area contributed by atoms with Gasteiger partial charge >= 0.3 is 0 Å². The molecule has 1 aromatic rings. The molecule has 19 heavy (non-hydrogen) atoms. The van der Waals surface area contributed by atoms with E-state index in [9.17, 15) is 0 Å². The summed E-state index contributed by atoms with van der Waals surface area (Å²) in [5.74, 6) is 1.08. The van der Waals surface area contributed by atoms with E-state index in [-0.39, 0.29) is 5.54 Å². The van der Waals surface area contributed by atoms with Crippen molar-refractivity contribution in [1.29, 1.82) is 0 Å². The Morgan fingerprint density at radius 2 is 2.11 bits per heavy atom. The molecule has 0 amide bonds. The van der Waals surface area contributed by atoms with Crippen molar-refractivity contribution in [3.05, 3.63) is 24.2 Å². The zero-order chi connectivity index (χ0) is 13.3. The number of hydrogen-bond acceptors (Lipinski definition) is 4. The lowest BCUT2D eigenvalue weighted by Crippen LogP contribution is -2.56. The molecule has 2 aliphatic heterocycles. The number of nitrogens with zero attached hydrogens (tertiary/aromatic N) is 2. The van der Waals surface area contributed by atoms with Gasteiger partial charge in [0.1, 0.15) is 5.76 Å². The molecule has 3 heterocycles. The predicted octanol–water partition coefficient (Wildman–Crippen LogP) is 1.54. The third kappa shape index (κ3) is 2.86. The molecular weight excluding hydrogens is 238 g/mol. The van der Waals surface area contributed by atoms with Gasteiger partial charge in [-0.05, 0) is 38.9 Å². The van der Waals surface area contributed by atoms with Crippen LogP contribution < -0.4 is 5.32 Å². The van der Waals surface area contributed by atoms with Crippen LogP contribution in [0.4, 0.5) is 0 Å². The SMILES string of the molecule is CC1(C)NCCC1N1CCN(Cc2ccco2)CC1. The lowest BCUT2D eigenvalue weighted by molar-refractivity contribution is 0.0674. The minimum Gasteiger partial charge on any atom is -0.468 e. The van der Waals surface area contributed by atoms with Crippen LogP contribution in [0.2, 0.25) is 0 Å². The first-order valence-electron chi connectivity index (χ1n) is 7.39. The molecule has 2 saturated heterocycles. The third-order valence-corrected chi connectivity index (χ3v) is 4.64. The summed E-state index contributed by atoms with van der Waals surface area (Å²) in [6.45, 7) is 11.4. The topological polar surface area (TPSA) is 31.6 Å². The number of furan rings is 1. The quantitative estimate of drug-likeness (QED) is 0.896. The van der Waals surface area contributed by atoms with Crippen LogP contribution in [0.3, 0.4) is 0 Å². The normalized spacial score (nSPS) is 28.8. The summed E-state index contributed by atoms with van der Waals surface area (Å²) in [4.78, 5) is 5.16. The fourth-order valence-electron chi connectivity index (χ4n) is 3.50. The van der Waals surface area contributed by atoms with Crippen LogP contribution in [0.1, 0.15) is 26.0 Å². The predicted molar refractivity (Wildman–Crippen MR) is 76.0 cm³/mol. The van der Waals surface area contributed by atoms with Crippen molar-refractivity contribution in [1.82, 2.24) is 15.1 Å². The van der Waals surface area contributed by atoms with E-state index in [1.165, 1.54) is 19.5 Å². The molecule has 0 saturated carbocycles. The first-order chi connectivity index (χ1) is 9.15.